The van der Waals surface area contributed by atoms with Crippen LogP contribution in [0.25, 0.3) is 44.5 Å². The van der Waals surface area contributed by atoms with E-state index >= 15 is 0 Å². The van der Waals surface area contributed by atoms with Gasteiger partial charge < -0.3 is 23.9 Å². The number of hydrogen-bond acceptors (Lipinski definition) is 7. The van der Waals surface area contributed by atoms with Gasteiger partial charge in [0.2, 0.25) is 0 Å². The number of carbonyl (C=O) groups excluding carboxylic acids is 2. The van der Waals surface area contributed by atoms with Crippen LogP contribution in [0.1, 0.15) is 97.4 Å². The van der Waals surface area contributed by atoms with Crippen molar-refractivity contribution in [2.45, 2.75) is 103 Å². The highest BCUT2D eigenvalue weighted by Gasteiger charge is 2.51. The summed E-state index contributed by atoms with van der Waals surface area (Å²) in [4.78, 5) is 46.2. The lowest BCUT2D eigenvalue weighted by atomic mass is 9.98. The Bertz CT molecular complexity index is 2060. The van der Waals surface area contributed by atoms with Crippen molar-refractivity contribution >= 4 is 34.1 Å². The normalized spacial score (nSPS) is 22.5. The van der Waals surface area contributed by atoms with Crippen LogP contribution < -0.4 is 0 Å². The van der Waals surface area contributed by atoms with Gasteiger partial charge in [0.15, 0.2) is 0 Å². The number of benzene rings is 2. The molecule has 8 rings (SSSR count). The first-order valence-electron chi connectivity index (χ1n) is 17.4. The Kier molecular flexibility index (Phi) is 7.31. The van der Waals surface area contributed by atoms with Gasteiger partial charge in [-0.2, -0.15) is 0 Å². The summed E-state index contributed by atoms with van der Waals surface area (Å²) in [6.07, 6.45) is 7.90. The lowest BCUT2D eigenvalue weighted by molar-refractivity contribution is 0.00613. The Morgan fingerprint density at radius 1 is 0.796 bits per heavy atom. The molecule has 3 aromatic heterocycles. The molecule has 2 saturated heterocycles. The molecule has 1 aliphatic carbocycles. The monoisotopic (exact) mass is 664 g/mol. The summed E-state index contributed by atoms with van der Waals surface area (Å²) >= 11 is 0. The van der Waals surface area contributed by atoms with Crippen molar-refractivity contribution in [3.8, 4) is 22.5 Å². The smallest absolute Gasteiger partial charge is 0.411 e. The molecule has 0 unspecified atom stereocenters. The standard InChI is InChI=1S/C38H44N6O5/c1-37(2,3)48-35(45)43-15-7-8-29(43)33-39-19-27(41-33)21-10-13-25-26-14-11-22(18-31(26)47-30(25)17-21)28-20-40-34(42-28)32-23-9-12-24(16-23)44(32)36(46)49-38(4,5)6/h10-11,13-14,17-20,23-24,29,32H,7-9,12,15-16H2,1-6H3,(H,39,41)(H,40,42)/t23-,24+,29-,32-/m0/s1. The van der Waals surface area contributed by atoms with Gasteiger partial charge in [0, 0.05) is 34.5 Å². The molecule has 2 bridgehead atoms. The maximum atomic E-state index is 13.2. The topological polar surface area (TPSA) is 130 Å². The van der Waals surface area contributed by atoms with Gasteiger partial charge in [-0.1, -0.05) is 12.1 Å². The minimum atomic E-state index is -0.553. The van der Waals surface area contributed by atoms with Crippen molar-refractivity contribution in [1.82, 2.24) is 29.7 Å². The predicted octanol–water partition coefficient (Wildman–Crippen LogP) is 8.90. The van der Waals surface area contributed by atoms with Gasteiger partial charge in [0.05, 0.1) is 35.9 Å². The second kappa shape index (κ2) is 11.4. The van der Waals surface area contributed by atoms with E-state index in [1.165, 1.54) is 0 Å². The van der Waals surface area contributed by atoms with E-state index in [1.54, 1.807) is 4.90 Å². The maximum absolute atomic E-state index is 13.2. The van der Waals surface area contributed by atoms with Crippen molar-refractivity contribution in [3.63, 3.8) is 0 Å². The summed E-state index contributed by atoms with van der Waals surface area (Å²) in [6.45, 7) is 12.0. The van der Waals surface area contributed by atoms with E-state index in [1.807, 2.05) is 71.0 Å². The lowest BCUT2D eigenvalue weighted by Gasteiger charge is -2.35. The fraction of sp³-hybridized carbons (Fsp3) is 0.474. The van der Waals surface area contributed by atoms with Crippen LogP contribution in [-0.2, 0) is 9.47 Å². The van der Waals surface area contributed by atoms with Crippen LogP contribution in [0.15, 0.2) is 53.2 Å². The Labute approximate surface area is 285 Å². The van der Waals surface area contributed by atoms with Crippen molar-refractivity contribution in [2.24, 2.45) is 5.92 Å². The van der Waals surface area contributed by atoms with E-state index in [0.29, 0.717) is 12.5 Å². The van der Waals surface area contributed by atoms with Gasteiger partial charge in [-0.3, -0.25) is 9.80 Å². The van der Waals surface area contributed by atoms with Gasteiger partial charge in [-0.05, 0) is 104 Å². The number of rotatable bonds is 4. The number of carbonyl (C=O) groups is 2. The number of aromatic nitrogens is 4. The quantitative estimate of drug-likeness (QED) is 0.196. The zero-order valence-electron chi connectivity index (χ0n) is 29.0. The predicted molar refractivity (Wildman–Crippen MR) is 186 cm³/mol. The molecule has 49 heavy (non-hydrogen) atoms. The number of ether oxygens (including phenoxy) is 2. The van der Waals surface area contributed by atoms with Crippen LogP contribution in [0.3, 0.4) is 0 Å². The molecule has 3 fully saturated rings. The molecule has 256 valence electrons. The largest absolute Gasteiger partial charge is 0.456 e. The summed E-state index contributed by atoms with van der Waals surface area (Å²) in [5.41, 5.74) is 4.10. The molecule has 5 heterocycles. The molecule has 11 nitrogen and oxygen atoms in total. The number of aromatic amines is 2. The van der Waals surface area contributed by atoms with Crippen LogP contribution >= 0.6 is 0 Å². The van der Waals surface area contributed by atoms with E-state index in [9.17, 15) is 9.59 Å². The number of hydrogen-bond donors (Lipinski definition) is 2. The minimum absolute atomic E-state index is 0.118. The number of nitrogens with one attached hydrogen (secondary N) is 2. The fourth-order valence-corrected chi connectivity index (χ4v) is 7.91. The zero-order chi connectivity index (χ0) is 34.2. The Morgan fingerprint density at radius 3 is 2.02 bits per heavy atom. The molecule has 5 aromatic rings. The summed E-state index contributed by atoms with van der Waals surface area (Å²) in [5, 5.41) is 2.05. The summed E-state index contributed by atoms with van der Waals surface area (Å²) in [7, 11) is 0. The van der Waals surface area contributed by atoms with Crippen LogP contribution in [0.2, 0.25) is 0 Å². The number of furan rings is 1. The van der Waals surface area contributed by atoms with Crippen LogP contribution in [0, 0.1) is 5.92 Å². The third-order valence-electron chi connectivity index (χ3n) is 9.95. The average Bonchev–Trinajstić information content (AvgIpc) is 3.87. The number of H-pyrrole nitrogens is 2. The molecule has 11 heteroatoms. The molecular formula is C38H44N6O5. The van der Waals surface area contributed by atoms with Crippen molar-refractivity contribution < 1.29 is 23.5 Å². The Hall–Kier alpha value is -4.80. The van der Waals surface area contributed by atoms with E-state index in [2.05, 4.69) is 39.2 Å². The zero-order valence-corrected chi connectivity index (χ0v) is 29.0. The molecule has 0 radical (unpaired) electrons. The first-order valence-corrected chi connectivity index (χ1v) is 17.4. The number of imidazole rings is 2. The van der Waals surface area contributed by atoms with E-state index in [-0.39, 0.29) is 30.3 Å². The van der Waals surface area contributed by atoms with Crippen molar-refractivity contribution in [2.75, 3.05) is 6.54 Å². The molecular weight excluding hydrogens is 620 g/mol. The summed E-state index contributed by atoms with van der Waals surface area (Å²) in [6, 6.07) is 12.3. The Balaban J connectivity index is 1.03. The van der Waals surface area contributed by atoms with Crippen LogP contribution in [0.5, 0.6) is 0 Å². The van der Waals surface area contributed by atoms with E-state index in [0.717, 1.165) is 88.2 Å². The van der Waals surface area contributed by atoms with Crippen LogP contribution in [0.4, 0.5) is 9.59 Å². The third-order valence-corrected chi connectivity index (χ3v) is 9.95. The second-order valence-corrected chi connectivity index (χ2v) is 15.8. The number of likely N-dealkylation sites (tertiary alicyclic amines) is 2. The Morgan fingerprint density at radius 2 is 1.39 bits per heavy atom. The number of nitrogens with zero attached hydrogens (tertiary/aromatic N) is 4. The third kappa shape index (κ3) is 5.82. The number of fused-ring (bicyclic) bond motifs is 5. The molecule has 2 N–H and O–H groups in total. The first-order chi connectivity index (χ1) is 23.3. The van der Waals surface area contributed by atoms with Gasteiger partial charge in [0.1, 0.15) is 34.0 Å². The highest BCUT2D eigenvalue weighted by Crippen LogP contribution is 2.50. The second-order valence-electron chi connectivity index (χ2n) is 15.8. The molecule has 2 aliphatic heterocycles. The fourth-order valence-electron chi connectivity index (χ4n) is 7.91. The average molecular weight is 665 g/mol. The molecule has 1 saturated carbocycles. The molecule has 3 aliphatic rings. The minimum Gasteiger partial charge on any atom is -0.456 e. The van der Waals surface area contributed by atoms with Gasteiger partial charge in [0.25, 0.3) is 0 Å². The number of piperidine rings is 1. The molecule has 0 spiro atoms. The SMILES string of the molecule is CC(C)(C)OC(=O)N1CCC[C@H]1c1ncc(-c2ccc3c(c2)oc2cc(-c4cnc([C@@H]5[C@H]6CC[C@H](C6)N5C(=O)OC(C)(C)C)[nH]4)ccc23)[nH]1. The van der Waals surface area contributed by atoms with E-state index < -0.39 is 11.2 Å². The number of amides is 2. The van der Waals surface area contributed by atoms with Crippen LogP contribution in [-0.4, -0.2) is 65.7 Å². The molecule has 4 atom stereocenters. The summed E-state index contributed by atoms with van der Waals surface area (Å²) in [5.74, 6) is 1.93. The van der Waals surface area contributed by atoms with Gasteiger partial charge >= 0.3 is 12.2 Å². The van der Waals surface area contributed by atoms with Gasteiger partial charge in [-0.25, -0.2) is 19.6 Å². The van der Waals surface area contributed by atoms with E-state index in [4.69, 9.17) is 18.9 Å². The summed E-state index contributed by atoms with van der Waals surface area (Å²) < 4.78 is 17.9. The first kappa shape index (κ1) is 31.5. The van der Waals surface area contributed by atoms with Crippen molar-refractivity contribution in [1.29, 1.82) is 0 Å². The maximum Gasteiger partial charge on any atom is 0.411 e. The van der Waals surface area contributed by atoms with Gasteiger partial charge in [-0.15, -0.1) is 0 Å². The molecule has 2 amide bonds. The highest BCUT2D eigenvalue weighted by atomic mass is 16.6. The molecule has 2 aromatic carbocycles. The van der Waals surface area contributed by atoms with Crippen molar-refractivity contribution in [3.05, 3.63) is 60.4 Å². The highest BCUT2D eigenvalue weighted by molar-refractivity contribution is 6.06. The lowest BCUT2D eigenvalue weighted by Crippen LogP contribution is -2.43.